The van der Waals surface area contributed by atoms with Gasteiger partial charge < -0.3 is 0 Å². The third kappa shape index (κ3) is 1.91. The van der Waals surface area contributed by atoms with Crippen molar-refractivity contribution in [2.75, 3.05) is 0 Å². The molecule has 1 unspecified atom stereocenters. The summed E-state index contributed by atoms with van der Waals surface area (Å²) < 4.78 is 0.378. The zero-order valence-corrected chi connectivity index (χ0v) is 7.45. The van der Waals surface area contributed by atoms with Crippen LogP contribution in [0.2, 0.25) is 0 Å². The van der Waals surface area contributed by atoms with E-state index in [1.54, 1.807) is 0 Å². The van der Waals surface area contributed by atoms with Gasteiger partial charge in [-0.2, -0.15) is 0 Å². The standard InChI is InChI=1S/C9H14S/c1-3-6-9(2)7-4-5-8-10-9/h4-5,7-8H,3,6H2,1-2H3. The van der Waals surface area contributed by atoms with Crippen molar-refractivity contribution in [2.24, 2.45) is 0 Å². The minimum absolute atomic E-state index is 0.378. The molecule has 0 N–H and O–H groups in total. The Bertz CT molecular complexity index is 158. The van der Waals surface area contributed by atoms with Crippen LogP contribution in [0.5, 0.6) is 0 Å². The third-order valence-corrected chi connectivity index (χ3v) is 2.89. The first kappa shape index (κ1) is 7.93. The summed E-state index contributed by atoms with van der Waals surface area (Å²) in [7, 11) is 0. The number of rotatable bonds is 2. The zero-order chi connectivity index (χ0) is 7.45. The molecule has 0 aromatic heterocycles. The lowest BCUT2D eigenvalue weighted by atomic mass is 10.0. The molecule has 0 nitrogen and oxygen atoms in total. The molecule has 0 spiro atoms. The molecule has 1 heteroatoms. The number of hydrogen-bond donors (Lipinski definition) is 0. The fraction of sp³-hybridized carbons (Fsp3) is 0.556. The second-order valence-electron chi connectivity index (χ2n) is 2.87. The lowest BCUT2D eigenvalue weighted by Gasteiger charge is -2.24. The van der Waals surface area contributed by atoms with Crippen LogP contribution in [-0.2, 0) is 0 Å². The van der Waals surface area contributed by atoms with Crippen molar-refractivity contribution in [3.8, 4) is 0 Å². The molecule has 1 atom stereocenters. The SMILES string of the molecule is CCCC1(C)C=CC=CS1. The first-order chi connectivity index (χ1) is 4.77. The summed E-state index contributed by atoms with van der Waals surface area (Å²) >= 11 is 1.92. The van der Waals surface area contributed by atoms with Gasteiger partial charge in [0.25, 0.3) is 0 Å². The van der Waals surface area contributed by atoms with Gasteiger partial charge in [-0.1, -0.05) is 31.6 Å². The summed E-state index contributed by atoms with van der Waals surface area (Å²) in [5.41, 5.74) is 0. The Labute approximate surface area is 67.4 Å². The molecule has 1 heterocycles. The van der Waals surface area contributed by atoms with E-state index in [-0.39, 0.29) is 0 Å². The lowest BCUT2D eigenvalue weighted by molar-refractivity contribution is 0.682. The largest absolute Gasteiger partial charge is 0.123 e. The van der Waals surface area contributed by atoms with E-state index >= 15 is 0 Å². The van der Waals surface area contributed by atoms with Gasteiger partial charge in [-0.05, 0) is 18.8 Å². The maximum atomic E-state index is 2.29. The molecule has 1 aliphatic rings. The Morgan fingerprint density at radius 1 is 1.40 bits per heavy atom. The van der Waals surface area contributed by atoms with Crippen LogP contribution in [0.3, 0.4) is 0 Å². The summed E-state index contributed by atoms with van der Waals surface area (Å²) in [4.78, 5) is 0. The molecule has 0 bridgehead atoms. The van der Waals surface area contributed by atoms with Crippen molar-refractivity contribution in [2.45, 2.75) is 31.4 Å². The second kappa shape index (κ2) is 3.29. The van der Waals surface area contributed by atoms with Crippen molar-refractivity contribution in [1.82, 2.24) is 0 Å². The first-order valence-electron chi connectivity index (χ1n) is 3.79. The molecule has 0 aliphatic carbocycles. The summed E-state index contributed by atoms with van der Waals surface area (Å²) in [6, 6.07) is 0. The van der Waals surface area contributed by atoms with Crippen LogP contribution in [0.25, 0.3) is 0 Å². The molecule has 10 heavy (non-hydrogen) atoms. The van der Waals surface area contributed by atoms with Crippen LogP contribution >= 0.6 is 11.8 Å². The van der Waals surface area contributed by atoms with E-state index in [1.165, 1.54) is 12.8 Å². The molecule has 0 saturated carbocycles. The maximum Gasteiger partial charge on any atom is 0.0354 e. The smallest absolute Gasteiger partial charge is 0.0354 e. The van der Waals surface area contributed by atoms with Gasteiger partial charge in [0.15, 0.2) is 0 Å². The van der Waals surface area contributed by atoms with Gasteiger partial charge in [0.2, 0.25) is 0 Å². The van der Waals surface area contributed by atoms with Crippen LogP contribution in [0.1, 0.15) is 26.7 Å². The zero-order valence-electron chi connectivity index (χ0n) is 6.63. The molecule has 0 aromatic rings. The van der Waals surface area contributed by atoms with Gasteiger partial charge in [0, 0.05) is 4.75 Å². The van der Waals surface area contributed by atoms with Crippen molar-refractivity contribution in [3.05, 3.63) is 23.6 Å². The first-order valence-corrected chi connectivity index (χ1v) is 4.67. The molecule has 0 fully saturated rings. The van der Waals surface area contributed by atoms with E-state index in [0.717, 1.165) is 0 Å². The Hall–Kier alpha value is -0.170. The average molecular weight is 154 g/mol. The predicted octanol–water partition coefficient (Wildman–Crippen LogP) is 3.36. The topological polar surface area (TPSA) is 0 Å². The van der Waals surface area contributed by atoms with E-state index < -0.39 is 0 Å². The third-order valence-electron chi connectivity index (χ3n) is 1.72. The monoisotopic (exact) mass is 154 g/mol. The maximum absolute atomic E-state index is 2.29. The lowest BCUT2D eigenvalue weighted by Crippen LogP contribution is -2.15. The van der Waals surface area contributed by atoms with Crippen LogP contribution in [0.4, 0.5) is 0 Å². The summed E-state index contributed by atoms with van der Waals surface area (Å²) in [5.74, 6) is 0. The van der Waals surface area contributed by atoms with E-state index in [9.17, 15) is 0 Å². The quantitative estimate of drug-likeness (QED) is 0.587. The number of hydrogen-bond acceptors (Lipinski definition) is 1. The van der Waals surface area contributed by atoms with E-state index in [4.69, 9.17) is 0 Å². The van der Waals surface area contributed by atoms with E-state index in [0.29, 0.717) is 4.75 Å². The fourth-order valence-corrected chi connectivity index (χ4v) is 2.14. The normalized spacial score (nSPS) is 31.0. The Balaban J connectivity index is 2.52. The minimum Gasteiger partial charge on any atom is -0.123 e. The Morgan fingerprint density at radius 3 is 2.70 bits per heavy atom. The van der Waals surface area contributed by atoms with Crippen molar-refractivity contribution < 1.29 is 0 Å². The van der Waals surface area contributed by atoms with Gasteiger partial charge in [-0.15, -0.1) is 11.8 Å². The summed E-state index contributed by atoms with van der Waals surface area (Å²) in [6.45, 7) is 4.53. The van der Waals surface area contributed by atoms with Gasteiger partial charge >= 0.3 is 0 Å². The summed E-state index contributed by atoms with van der Waals surface area (Å²) in [5, 5.41) is 2.18. The Kier molecular flexibility index (Phi) is 2.61. The van der Waals surface area contributed by atoms with Gasteiger partial charge in [-0.3, -0.25) is 0 Å². The Morgan fingerprint density at radius 2 is 2.20 bits per heavy atom. The van der Waals surface area contributed by atoms with Gasteiger partial charge in [-0.25, -0.2) is 0 Å². The van der Waals surface area contributed by atoms with Gasteiger partial charge in [0.1, 0.15) is 0 Å². The molecule has 56 valence electrons. The molecule has 0 amide bonds. The van der Waals surface area contributed by atoms with Crippen molar-refractivity contribution in [1.29, 1.82) is 0 Å². The van der Waals surface area contributed by atoms with Crippen molar-refractivity contribution >= 4 is 11.8 Å². The second-order valence-corrected chi connectivity index (χ2v) is 4.31. The van der Waals surface area contributed by atoms with Gasteiger partial charge in [0.05, 0.1) is 0 Å². The highest BCUT2D eigenvalue weighted by Gasteiger charge is 2.19. The highest BCUT2D eigenvalue weighted by atomic mass is 32.2. The number of allylic oxidation sites excluding steroid dienone is 2. The highest BCUT2D eigenvalue weighted by Crippen LogP contribution is 2.34. The molecular weight excluding hydrogens is 140 g/mol. The van der Waals surface area contributed by atoms with Crippen molar-refractivity contribution in [3.63, 3.8) is 0 Å². The van der Waals surface area contributed by atoms with Crippen LogP contribution in [0, 0.1) is 0 Å². The molecule has 0 aromatic carbocycles. The summed E-state index contributed by atoms with van der Waals surface area (Å²) in [6.07, 6.45) is 9.08. The predicted molar refractivity (Wildman–Crippen MR) is 49.2 cm³/mol. The van der Waals surface area contributed by atoms with Crippen LogP contribution in [-0.4, -0.2) is 4.75 Å². The molecule has 0 radical (unpaired) electrons. The van der Waals surface area contributed by atoms with Crippen LogP contribution in [0.15, 0.2) is 23.6 Å². The average Bonchev–Trinajstić information content (AvgIpc) is 1.89. The molecule has 1 rings (SSSR count). The van der Waals surface area contributed by atoms with E-state index in [2.05, 4.69) is 37.5 Å². The molecule has 1 aliphatic heterocycles. The molecule has 0 saturated heterocycles. The minimum atomic E-state index is 0.378. The number of thioether (sulfide) groups is 1. The fourth-order valence-electron chi connectivity index (χ4n) is 1.18. The molecular formula is C9H14S. The van der Waals surface area contributed by atoms with Crippen LogP contribution < -0.4 is 0 Å². The highest BCUT2D eigenvalue weighted by molar-refractivity contribution is 8.03. The van der Waals surface area contributed by atoms with E-state index in [1.807, 2.05) is 11.8 Å².